The predicted molar refractivity (Wildman–Crippen MR) is 132 cm³/mol. The molecule has 0 fully saturated rings. The maximum absolute atomic E-state index is 13.7. The Kier molecular flexibility index (Phi) is 8.43. The molecule has 0 aliphatic heterocycles. The number of aryl methyl sites for hydroxylation is 1. The van der Waals surface area contributed by atoms with E-state index in [2.05, 4.69) is 10.6 Å². The van der Waals surface area contributed by atoms with E-state index in [0.29, 0.717) is 11.3 Å². The summed E-state index contributed by atoms with van der Waals surface area (Å²) in [6.07, 6.45) is 1.36. The second-order valence-electron chi connectivity index (χ2n) is 7.34. The van der Waals surface area contributed by atoms with Gasteiger partial charge < -0.3 is 20.1 Å². The largest absolute Gasteiger partial charge is 0.493 e. The van der Waals surface area contributed by atoms with E-state index in [-0.39, 0.29) is 27.8 Å². The van der Waals surface area contributed by atoms with E-state index in [1.54, 1.807) is 24.3 Å². The fourth-order valence-corrected chi connectivity index (χ4v) is 3.36. The number of nitriles is 1. The van der Waals surface area contributed by atoms with Crippen LogP contribution in [0.25, 0.3) is 6.08 Å². The van der Waals surface area contributed by atoms with Crippen molar-refractivity contribution in [2.45, 2.75) is 6.92 Å². The zero-order chi connectivity index (χ0) is 25.4. The summed E-state index contributed by atoms with van der Waals surface area (Å²) in [7, 11) is 1.38. The summed E-state index contributed by atoms with van der Waals surface area (Å²) in [6.45, 7) is 1.43. The lowest BCUT2D eigenvalue weighted by Gasteiger charge is -2.14. The number of rotatable bonds is 8. The number of nitrogens with one attached hydrogen (secondary N) is 2. The topological polar surface area (TPSA) is 100 Å². The normalized spacial score (nSPS) is 10.8. The number of hydrogen-bond donors (Lipinski definition) is 2. The quantitative estimate of drug-likeness (QED) is 0.325. The number of amides is 2. The maximum atomic E-state index is 13.7. The summed E-state index contributed by atoms with van der Waals surface area (Å²) < 4.78 is 24.5. The number of ether oxygens (including phenoxy) is 2. The SMILES string of the molecule is COc1cc(/C=C(\C#N)C(=O)Nc2cccc(C)c2)cc(Cl)c1OCC(=O)Nc1ccccc1F. The van der Waals surface area contributed by atoms with Crippen LogP contribution in [0.1, 0.15) is 11.1 Å². The molecule has 7 nitrogen and oxygen atoms in total. The number of hydrogen-bond acceptors (Lipinski definition) is 5. The molecule has 2 N–H and O–H groups in total. The van der Waals surface area contributed by atoms with Gasteiger partial charge in [0.2, 0.25) is 0 Å². The highest BCUT2D eigenvalue weighted by atomic mass is 35.5. The minimum Gasteiger partial charge on any atom is -0.493 e. The molecular weight excluding hydrogens is 473 g/mol. The van der Waals surface area contributed by atoms with Crippen LogP contribution in [0.2, 0.25) is 5.02 Å². The van der Waals surface area contributed by atoms with Crippen LogP contribution in [0, 0.1) is 24.1 Å². The number of anilines is 2. The van der Waals surface area contributed by atoms with E-state index in [0.717, 1.165) is 5.56 Å². The van der Waals surface area contributed by atoms with Crippen molar-refractivity contribution in [3.05, 3.63) is 88.2 Å². The number of para-hydroxylation sites is 1. The summed E-state index contributed by atoms with van der Waals surface area (Å²) in [6, 6.07) is 17.8. The highest BCUT2D eigenvalue weighted by Crippen LogP contribution is 2.37. The van der Waals surface area contributed by atoms with Gasteiger partial charge in [0.15, 0.2) is 18.1 Å². The highest BCUT2D eigenvalue weighted by molar-refractivity contribution is 6.32. The smallest absolute Gasteiger partial charge is 0.266 e. The Morgan fingerprint density at radius 3 is 2.57 bits per heavy atom. The third-order valence-corrected chi connectivity index (χ3v) is 4.98. The molecule has 0 aromatic heterocycles. The zero-order valence-electron chi connectivity index (χ0n) is 18.9. The van der Waals surface area contributed by atoms with Gasteiger partial charge in [0, 0.05) is 5.69 Å². The molecule has 3 aromatic carbocycles. The first-order valence-corrected chi connectivity index (χ1v) is 10.7. The number of methoxy groups -OCH3 is 1. The average molecular weight is 494 g/mol. The summed E-state index contributed by atoms with van der Waals surface area (Å²) in [5.41, 5.74) is 1.80. The molecule has 3 aromatic rings. The monoisotopic (exact) mass is 493 g/mol. The lowest BCUT2D eigenvalue weighted by atomic mass is 10.1. The van der Waals surface area contributed by atoms with Crippen LogP contribution in [0.3, 0.4) is 0 Å². The molecule has 0 aliphatic rings. The molecule has 0 saturated heterocycles. The van der Waals surface area contributed by atoms with Crippen LogP contribution in [-0.2, 0) is 9.59 Å². The van der Waals surface area contributed by atoms with Gasteiger partial charge in [-0.3, -0.25) is 9.59 Å². The Bertz CT molecular complexity index is 1330. The Morgan fingerprint density at radius 1 is 1.11 bits per heavy atom. The molecule has 3 rings (SSSR count). The lowest BCUT2D eigenvalue weighted by Crippen LogP contribution is -2.21. The van der Waals surface area contributed by atoms with E-state index in [4.69, 9.17) is 21.1 Å². The van der Waals surface area contributed by atoms with Crippen molar-refractivity contribution < 1.29 is 23.5 Å². The van der Waals surface area contributed by atoms with E-state index < -0.39 is 24.2 Å². The van der Waals surface area contributed by atoms with Gasteiger partial charge in [0.25, 0.3) is 11.8 Å². The number of halogens is 2. The Hall–Kier alpha value is -4.35. The lowest BCUT2D eigenvalue weighted by molar-refractivity contribution is -0.118. The van der Waals surface area contributed by atoms with Crippen LogP contribution in [-0.4, -0.2) is 25.5 Å². The third-order valence-electron chi connectivity index (χ3n) is 4.70. The number of carbonyl (C=O) groups excluding carboxylic acids is 2. The molecule has 0 aliphatic carbocycles. The molecule has 0 heterocycles. The first-order chi connectivity index (χ1) is 16.8. The second-order valence-corrected chi connectivity index (χ2v) is 7.75. The van der Waals surface area contributed by atoms with Gasteiger partial charge in [-0.2, -0.15) is 5.26 Å². The third kappa shape index (κ3) is 6.82. The molecule has 35 heavy (non-hydrogen) atoms. The minimum absolute atomic E-state index is 0.0209. The van der Waals surface area contributed by atoms with E-state index in [1.807, 2.05) is 19.1 Å². The Balaban J connectivity index is 1.75. The molecule has 0 spiro atoms. The summed E-state index contributed by atoms with van der Waals surface area (Å²) >= 11 is 6.33. The van der Waals surface area contributed by atoms with Crippen molar-refractivity contribution in [3.8, 4) is 17.6 Å². The average Bonchev–Trinajstić information content (AvgIpc) is 2.82. The van der Waals surface area contributed by atoms with Crippen LogP contribution >= 0.6 is 11.6 Å². The van der Waals surface area contributed by atoms with Crippen molar-refractivity contribution in [3.63, 3.8) is 0 Å². The molecule has 9 heteroatoms. The van der Waals surface area contributed by atoms with E-state index in [1.165, 1.54) is 43.5 Å². The number of nitrogens with zero attached hydrogens (tertiary/aromatic N) is 1. The van der Waals surface area contributed by atoms with Crippen LogP contribution in [0.15, 0.2) is 66.2 Å². The summed E-state index contributed by atoms with van der Waals surface area (Å²) in [4.78, 5) is 24.7. The molecule has 0 bridgehead atoms. The fourth-order valence-electron chi connectivity index (χ4n) is 3.09. The summed E-state index contributed by atoms with van der Waals surface area (Å²) in [5.74, 6) is -1.50. The standard InChI is InChI=1S/C26H21ClFN3O4/c1-16-6-5-7-19(10-16)30-26(33)18(14-29)11-17-12-20(27)25(23(13-17)34-2)35-15-24(32)31-22-9-4-3-8-21(22)28/h3-13H,15H2,1-2H3,(H,30,33)(H,31,32)/b18-11+. The summed E-state index contributed by atoms with van der Waals surface area (Å²) in [5, 5.41) is 14.7. The van der Waals surface area contributed by atoms with Crippen molar-refractivity contribution >= 4 is 40.9 Å². The molecular formula is C26H21ClFN3O4. The van der Waals surface area contributed by atoms with Crippen molar-refractivity contribution in [1.82, 2.24) is 0 Å². The van der Waals surface area contributed by atoms with E-state index in [9.17, 15) is 19.2 Å². The van der Waals surface area contributed by atoms with Crippen LogP contribution in [0.5, 0.6) is 11.5 Å². The van der Waals surface area contributed by atoms with Crippen LogP contribution in [0.4, 0.5) is 15.8 Å². The second kappa shape index (κ2) is 11.7. The molecule has 2 amide bonds. The van der Waals surface area contributed by atoms with Gasteiger partial charge in [0.1, 0.15) is 17.5 Å². The molecule has 178 valence electrons. The minimum atomic E-state index is -0.600. The molecule has 0 atom stereocenters. The van der Waals surface area contributed by atoms with Crippen LogP contribution < -0.4 is 20.1 Å². The Morgan fingerprint density at radius 2 is 1.89 bits per heavy atom. The maximum Gasteiger partial charge on any atom is 0.266 e. The van der Waals surface area contributed by atoms with Gasteiger partial charge in [-0.25, -0.2) is 4.39 Å². The molecule has 0 unspecified atom stereocenters. The van der Waals surface area contributed by atoms with Gasteiger partial charge in [-0.15, -0.1) is 0 Å². The van der Waals surface area contributed by atoms with Gasteiger partial charge in [-0.05, 0) is 60.5 Å². The van der Waals surface area contributed by atoms with Crippen molar-refractivity contribution in [2.24, 2.45) is 0 Å². The van der Waals surface area contributed by atoms with Crippen molar-refractivity contribution in [2.75, 3.05) is 24.4 Å². The van der Waals surface area contributed by atoms with Gasteiger partial charge >= 0.3 is 0 Å². The predicted octanol–water partition coefficient (Wildman–Crippen LogP) is 5.36. The fraction of sp³-hybridized carbons (Fsp3) is 0.115. The Labute approximate surface area is 206 Å². The molecule has 0 saturated carbocycles. The van der Waals surface area contributed by atoms with Gasteiger partial charge in [-0.1, -0.05) is 35.9 Å². The highest BCUT2D eigenvalue weighted by Gasteiger charge is 2.16. The van der Waals surface area contributed by atoms with Gasteiger partial charge in [0.05, 0.1) is 17.8 Å². The van der Waals surface area contributed by atoms with Crippen molar-refractivity contribution in [1.29, 1.82) is 5.26 Å². The first-order valence-electron chi connectivity index (χ1n) is 10.3. The van der Waals surface area contributed by atoms with E-state index >= 15 is 0 Å². The molecule has 0 radical (unpaired) electrons. The number of carbonyl (C=O) groups is 2. The zero-order valence-corrected chi connectivity index (χ0v) is 19.7. The number of benzene rings is 3. The first kappa shape index (κ1) is 25.3.